The van der Waals surface area contributed by atoms with E-state index in [1.807, 2.05) is 45.9 Å². The summed E-state index contributed by atoms with van der Waals surface area (Å²) in [6.07, 6.45) is -1.28. The number of carbonyl (C=O) groups is 1. The third-order valence-corrected chi connectivity index (χ3v) is 7.67. The highest BCUT2D eigenvalue weighted by molar-refractivity contribution is 7.90. The Hall–Kier alpha value is -3.42. The van der Waals surface area contributed by atoms with Gasteiger partial charge in [0.2, 0.25) is 0 Å². The number of aromatic carboxylic acids is 1. The first-order chi connectivity index (χ1) is 15.9. The number of hydrogen-bond donors (Lipinski definition) is 2. The molecule has 0 saturated carbocycles. The summed E-state index contributed by atoms with van der Waals surface area (Å²) >= 11 is 0. The van der Waals surface area contributed by atoms with Crippen molar-refractivity contribution in [2.24, 2.45) is 0 Å². The summed E-state index contributed by atoms with van der Waals surface area (Å²) in [7, 11) is -4.06. The zero-order chi connectivity index (χ0) is 24.8. The quantitative estimate of drug-likeness (QED) is 0.408. The minimum Gasteiger partial charge on any atom is -0.478 e. The number of carboxylic acid groups (broad SMARTS) is 1. The summed E-state index contributed by atoms with van der Waals surface area (Å²) in [6.45, 7) is 7.96. The van der Waals surface area contributed by atoms with Gasteiger partial charge < -0.3 is 10.2 Å². The van der Waals surface area contributed by atoms with Crippen molar-refractivity contribution in [2.75, 3.05) is 0 Å². The molecule has 0 aliphatic heterocycles. The summed E-state index contributed by atoms with van der Waals surface area (Å²) in [5, 5.41) is 21.1. The zero-order valence-electron chi connectivity index (χ0n) is 19.5. The Bertz CT molecular complexity index is 1490. The number of aliphatic hydroxyl groups excluding tert-OH is 1. The smallest absolute Gasteiger partial charge is 0.335 e. The van der Waals surface area contributed by atoms with E-state index >= 15 is 0 Å². The monoisotopic (exact) mass is 477 g/mol. The second kappa shape index (κ2) is 8.42. The number of hydrogen-bond acceptors (Lipinski definition) is 4. The van der Waals surface area contributed by atoms with Crippen LogP contribution in [0.4, 0.5) is 0 Å². The number of nitrogens with zero attached hydrogens (tertiary/aromatic N) is 1. The minimum absolute atomic E-state index is 0.0822. The first-order valence-electron chi connectivity index (χ1n) is 10.9. The molecule has 1 atom stereocenters. The van der Waals surface area contributed by atoms with E-state index < -0.39 is 22.1 Å². The van der Waals surface area contributed by atoms with Gasteiger partial charge in [0.1, 0.15) is 6.10 Å². The van der Waals surface area contributed by atoms with Crippen molar-refractivity contribution in [3.8, 4) is 0 Å². The van der Waals surface area contributed by atoms with E-state index in [0.29, 0.717) is 16.5 Å². The molecule has 4 aromatic rings. The van der Waals surface area contributed by atoms with Crippen molar-refractivity contribution in [3.63, 3.8) is 0 Å². The van der Waals surface area contributed by atoms with Crippen LogP contribution in [0.15, 0.2) is 77.7 Å². The molecule has 0 spiro atoms. The molecule has 3 aromatic carbocycles. The number of benzene rings is 3. The van der Waals surface area contributed by atoms with Gasteiger partial charge in [0, 0.05) is 5.39 Å². The molecule has 6 nitrogen and oxygen atoms in total. The van der Waals surface area contributed by atoms with Gasteiger partial charge in [0.15, 0.2) is 0 Å². The summed E-state index contributed by atoms with van der Waals surface area (Å²) in [5.74, 6) is -1.08. The standard InChI is InChI=1S/C27H27NO5S/c1-17-8-13-23-20(14-17)15-24(25(29)18-9-11-19(12-10-18)26(30)31)28(23)34(32,33)22-7-5-6-21(16-22)27(2,3)4/h5-16,25,29H,1-4H3,(H,30,31). The van der Waals surface area contributed by atoms with Crippen LogP contribution in [-0.2, 0) is 15.4 Å². The molecule has 0 radical (unpaired) electrons. The van der Waals surface area contributed by atoms with Crippen LogP contribution in [0.5, 0.6) is 0 Å². The molecule has 0 aliphatic carbocycles. The summed E-state index contributed by atoms with van der Waals surface area (Å²) in [4.78, 5) is 11.3. The fourth-order valence-corrected chi connectivity index (χ4v) is 5.59. The highest BCUT2D eigenvalue weighted by atomic mass is 32.2. The fraction of sp³-hybridized carbons (Fsp3) is 0.222. The third kappa shape index (κ3) is 4.24. The molecule has 0 fully saturated rings. The Morgan fingerprint density at radius 2 is 1.62 bits per heavy atom. The molecule has 1 heterocycles. The second-order valence-electron chi connectivity index (χ2n) is 9.51. The highest BCUT2D eigenvalue weighted by Crippen LogP contribution is 2.34. The normalized spacial score (nSPS) is 13.2. The molecule has 176 valence electrons. The van der Waals surface area contributed by atoms with Crippen molar-refractivity contribution in [1.82, 2.24) is 3.97 Å². The maximum absolute atomic E-state index is 13.9. The van der Waals surface area contributed by atoms with E-state index in [1.165, 1.54) is 28.2 Å². The lowest BCUT2D eigenvalue weighted by Crippen LogP contribution is -2.19. The molecule has 1 aromatic heterocycles. The topological polar surface area (TPSA) is 96.6 Å². The molecule has 0 amide bonds. The Morgan fingerprint density at radius 1 is 0.941 bits per heavy atom. The lowest BCUT2D eigenvalue weighted by Gasteiger charge is -2.21. The minimum atomic E-state index is -4.06. The van der Waals surface area contributed by atoms with E-state index in [0.717, 1.165) is 11.1 Å². The predicted molar refractivity (Wildman–Crippen MR) is 132 cm³/mol. The number of fused-ring (bicyclic) bond motifs is 1. The van der Waals surface area contributed by atoms with Crippen molar-refractivity contribution in [1.29, 1.82) is 0 Å². The van der Waals surface area contributed by atoms with Gasteiger partial charge in [0.05, 0.1) is 21.7 Å². The van der Waals surface area contributed by atoms with Gasteiger partial charge in [-0.15, -0.1) is 0 Å². The predicted octanol–water partition coefficient (Wildman–Crippen LogP) is 5.26. The number of aliphatic hydroxyl groups is 1. The van der Waals surface area contributed by atoms with Gasteiger partial charge in [-0.25, -0.2) is 17.2 Å². The molecule has 2 N–H and O–H groups in total. The lowest BCUT2D eigenvalue weighted by atomic mass is 9.87. The second-order valence-corrected chi connectivity index (χ2v) is 11.3. The average molecular weight is 478 g/mol. The van der Waals surface area contributed by atoms with Crippen LogP contribution in [0, 0.1) is 6.92 Å². The van der Waals surface area contributed by atoms with E-state index in [4.69, 9.17) is 5.11 Å². The third-order valence-electron chi connectivity index (χ3n) is 5.93. The largest absolute Gasteiger partial charge is 0.478 e. The Labute approximate surface area is 199 Å². The number of aromatic nitrogens is 1. The van der Waals surface area contributed by atoms with Crippen LogP contribution in [0.2, 0.25) is 0 Å². The Balaban J connectivity index is 1.93. The van der Waals surface area contributed by atoms with Gasteiger partial charge in [-0.1, -0.05) is 56.7 Å². The molecule has 4 rings (SSSR count). The summed E-state index contributed by atoms with van der Waals surface area (Å²) in [5.41, 5.74) is 2.72. The van der Waals surface area contributed by atoms with Crippen molar-refractivity contribution < 1.29 is 23.4 Å². The Kier molecular flexibility index (Phi) is 5.87. The number of rotatable bonds is 5. The van der Waals surface area contributed by atoms with Crippen LogP contribution in [0.25, 0.3) is 10.9 Å². The van der Waals surface area contributed by atoms with Crippen LogP contribution in [0.3, 0.4) is 0 Å². The molecule has 0 aliphatic rings. The fourth-order valence-electron chi connectivity index (χ4n) is 4.00. The van der Waals surface area contributed by atoms with Crippen molar-refractivity contribution in [3.05, 3.63) is 101 Å². The van der Waals surface area contributed by atoms with Gasteiger partial charge in [-0.05, 0) is 65.9 Å². The van der Waals surface area contributed by atoms with E-state index in [1.54, 1.807) is 30.3 Å². The van der Waals surface area contributed by atoms with E-state index in [2.05, 4.69) is 0 Å². The first kappa shape index (κ1) is 23.7. The first-order valence-corrected chi connectivity index (χ1v) is 12.3. The van der Waals surface area contributed by atoms with Crippen LogP contribution in [-0.4, -0.2) is 28.6 Å². The number of aryl methyl sites for hydroxylation is 1. The maximum Gasteiger partial charge on any atom is 0.335 e. The van der Waals surface area contributed by atoms with E-state index in [9.17, 15) is 18.3 Å². The highest BCUT2D eigenvalue weighted by Gasteiger charge is 2.28. The molecular weight excluding hydrogens is 450 g/mol. The van der Waals surface area contributed by atoms with Gasteiger partial charge >= 0.3 is 5.97 Å². The van der Waals surface area contributed by atoms with Crippen LogP contribution < -0.4 is 0 Å². The van der Waals surface area contributed by atoms with Gasteiger partial charge in [-0.3, -0.25) is 0 Å². The molecule has 7 heteroatoms. The molecule has 0 bridgehead atoms. The molecule has 34 heavy (non-hydrogen) atoms. The summed E-state index contributed by atoms with van der Waals surface area (Å²) < 4.78 is 29.1. The van der Waals surface area contributed by atoms with Crippen LogP contribution >= 0.6 is 0 Å². The SMILES string of the molecule is Cc1ccc2c(c1)cc(C(O)c1ccc(C(=O)O)cc1)n2S(=O)(=O)c1cccc(C(C)(C)C)c1. The van der Waals surface area contributed by atoms with Crippen LogP contribution in [0.1, 0.15) is 59.6 Å². The average Bonchev–Trinajstić information content (AvgIpc) is 3.17. The number of carboxylic acids is 1. The van der Waals surface area contributed by atoms with Gasteiger partial charge in [0.25, 0.3) is 10.0 Å². The molecular formula is C27H27NO5S. The lowest BCUT2D eigenvalue weighted by molar-refractivity contribution is 0.0696. The van der Waals surface area contributed by atoms with E-state index in [-0.39, 0.29) is 21.6 Å². The zero-order valence-corrected chi connectivity index (χ0v) is 20.3. The molecule has 1 unspecified atom stereocenters. The summed E-state index contributed by atoms with van der Waals surface area (Å²) in [6, 6.07) is 19.7. The van der Waals surface area contributed by atoms with Crippen molar-refractivity contribution in [2.45, 2.75) is 44.1 Å². The Morgan fingerprint density at radius 3 is 2.24 bits per heavy atom. The van der Waals surface area contributed by atoms with Gasteiger partial charge in [-0.2, -0.15) is 0 Å². The van der Waals surface area contributed by atoms with Crippen molar-refractivity contribution >= 4 is 26.9 Å². The molecule has 0 saturated heterocycles. The maximum atomic E-state index is 13.9.